The second-order valence-electron chi connectivity index (χ2n) is 8.28. The maximum atomic E-state index is 11.5. The largest absolute Gasteiger partial charge is 0.478 e. The molecule has 0 amide bonds. The monoisotopic (exact) mass is 420 g/mol. The van der Waals surface area contributed by atoms with Gasteiger partial charge in [-0.1, -0.05) is 19.9 Å². The average molecular weight is 421 g/mol. The van der Waals surface area contributed by atoms with Gasteiger partial charge in [0.05, 0.1) is 27.6 Å². The molecule has 0 aliphatic carbocycles. The number of benzene rings is 2. The van der Waals surface area contributed by atoms with Gasteiger partial charge in [-0.3, -0.25) is 0 Å². The number of nitrogens with zero attached hydrogens (tertiary/aromatic N) is 4. The van der Waals surface area contributed by atoms with Gasteiger partial charge in [0.15, 0.2) is 0 Å². The summed E-state index contributed by atoms with van der Waals surface area (Å²) < 4.78 is 9.68. The molecule has 2 heterocycles. The molecule has 0 atom stereocenters. The fourth-order valence-electron chi connectivity index (χ4n) is 4.13. The van der Waals surface area contributed by atoms with Crippen LogP contribution in [0.4, 0.5) is 0 Å². The van der Waals surface area contributed by atoms with E-state index in [2.05, 4.69) is 29.0 Å². The van der Waals surface area contributed by atoms with E-state index >= 15 is 0 Å². The number of para-hydroxylation sites is 1. The van der Waals surface area contributed by atoms with Crippen molar-refractivity contribution >= 4 is 28.0 Å². The van der Waals surface area contributed by atoms with Gasteiger partial charge in [-0.05, 0) is 49.6 Å². The van der Waals surface area contributed by atoms with Crippen LogP contribution in [0.15, 0.2) is 36.4 Å². The van der Waals surface area contributed by atoms with Crippen molar-refractivity contribution in [3.63, 3.8) is 0 Å². The van der Waals surface area contributed by atoms with Gasteiger partial charge in [-0.2, -0.15) is 0 Å². The zero-order chi connectivity index (χ0) is 22.1. The van der Waals surface area contributed by atoms with E-state index < -0.39 is 5.97 Å². The normalized spacial score (nSPS) is 11.8. The second-order valence-corrected chi connectivity index (χ2v) is 8.28. The summed E-state index contributed by atoms with van der Waals surface area (Å²) in [5.41, 5.74) is 4.84. The Morgan fingerprint density at radius 2 is 1.94 bits per heavy atom. The third-order valence-corrected chi connectivity index (χ3v) is 5.47. The van der Waals surface area contributed by atoms with E-state index in [1.165, 1.54) is 0 Å². The highest BCUT2D eigenvalue weighted by Crippen LogP contribution is 2.32. The van der Waals surface area contributed by atoms with Gasteiger partial charge in [0.2, 0.25) is 0 Å². The minimum Gasteiger partial charge on any atom is -0.478 e. The van der Waals surface area contributed by atoms with Crippen LogP contribution in [0.1, 0.15) is 36.5 Å². The molecular weight excluding hydrogens is 392 g/mol. The lowest BCUT2D eigenvalue weighted by Crippen LogP contribution is -2.08. The van der Waals surface area contributed by atoms with E-state index in [-0.39, 0.29) is 5.56 Å². The lowest BCUT2D eigenvalue weighted by atomic mass is 10.1. The number of ether oxygens (including phenoxy) is 1. The van der Waals surface area contributed by atoms with Crippen molar-refractivity contribution in [2.75, 3.05) is 13.7 Å². The molecule has 2 aromatic carbocycles. The van der Waals surface area contributed by atoms with Gasteiger partial charge in [0.1, 0.15) is 11.6 Å². The minimum absolute atomic E-state index is 0.236. The van der Waals surface area contributed by atoms with Crippen molar-refractivity contribution in [2.45, 2.75) is 40.3 Å². The van der Waals surface area contributed by atoms with Gasteiger partial charge < -0.3 is 19.0 Å². The Morgan fingerprint density at radius 1 is 1.13 bits per heavy atom. The molecule has 2 aromatic heterocycles. The summed E-state index contributed by atoms with van der Waals surface area (Å²) in [7, 11) is 1.69. The Bertz CT molecular complexity index is 1250. The van der Waals surface area contributed by atoms with E-state index in [0.29, 0.717) is 18.0 Å². The molecule has 31 heavy (non-hydrogen) atoms. The summed E-state index contributed by atoms with van der Waals surface area (Å²) in [4.78, 5) is 21.2. The van der Waals surface area contributed by atoms with Crippen LogP contribution in [0, 0.1) is 12.8 Å². The summed E-state index contributed by atoms with van der Waals surface area (Å²) in [5.74, 6) is 1.32. The summed E-state index contributed by atoms with van der Waals surface area (Å²) >= 11 is 0. The van der Waals surface area contributed by atoms with E-state index in [9.17, 15) is 9.90 Å². The molecule has 4 aromatic rings. The van der Waals surface area contributed by atoms with Crippen molar-refractivity contribution < 1.29 is 14.6 Å². The third-order valence-electron chi connectivity index (χ3n) is 5.47. The number of rotatable bonds is 8. The van der Waals surface area contributed by atoms with Crippen LogP contribution in [0.5, 0.6) is 0 Å². The fraction of sp³-hybridized carbons (Fsp3) is 0.375. The van der Waals surface area contributed by atoms with Crippen molar-refractivity contribution in [3.05, 3.63) is 47.8 Å². The number of fused-ring (bicyclic) bond motifs is 2. The van der Waals surface area contributed by atoms with Crippen LogP contribution < -0.4 is 0 Å². The molecule has 7 heteroatoms. The molecule has 0 aliphatic rings. The van der Waals surface area contributed by atoms with Crippen LogP contribution in [-0.2, 0) is 17.8 Å². The lowest BCUT2D eigenvalue weighted by Gasteiger charge is -2.14. The highest BCUT2D eigenvalue weighted by Gasteiger charge is 2.20. The second kappa shape index (κ2) is 8.51. The Morgan fingerprint density at radius 3 is 2.65 bits per heavy atom. The van der Waals surface area contributed by atoms with Crippen LogP contribution in [0.3, 0.4) is 0 Å². The molecule has 4 rings (SSSR count). The maximum absolute atomic E-state index is 11.5. The van der Waals surface area contributed by atoms with Crippen molar-refractivity contribution in [1.29, 1.82) is 0 Å². The molecule has 0 spiro atoms. The number of carbonyl (C=O) groups is 1. The standard InChI is InChI=1S/C24H28N4O3/c1-15(2)14-28-16(3)25-19-8-5-7-18(22(19)28)23-26-20-13-17(24(29)30)9-10-21(20)27(23)11-6-12-31-4/h5,7-10,13,15H,6,11-12,14H2,1-4H3,(H,29,30). The van der Waals surface area contributed by atoms with E-state index in [4.69, 9.17) is 14.7 Å². The zero-order valence-corrected chi connectivity index (χ0v) is 18.4. The number of hydrogen-bond acceptors (Lipinski definition) is 4. The summed E-state index contributed by atoms with van der Waals surface area (Å²) in [6.07, 6.45) is 0.829. The molecule has 162 valence electrons. The van der Waals surface area contributed by atoms with Crippen LogP contribution >= 0.6 is 0 Å². The highest BCUT2D eigenvalue weighted by atomic mass is 16.5. The number of aryl methyl sites for hydroxylation is 2. The Balaban J connectivity index is 1.97. The van der Waals surface area contributed by atoms with Crippen molar-refractivity contribution in [1.82, 2.24) is 19.1 Å². The number of imidazole rings is 2. The zero-order valence-electron chi connectivity index (χ0n) is 18.4. The van der Waals surface area contributed by atoms with Gasteiger partial charge in [-0.25, -0.2) is 14.8 Å². The molecular formula is C24H28N4O3. The number of carboxylic acid groups (broad SMARTS) is 1. The third kappa shape index (κ3) is 3.93. The number of methoxy groups -OCH3 is 1. The maximum Gasteiger partial charge on any atom is 0.335 e. The van der Waals surface area contributed by atoms with Crippen molar-refractivity contribution in [2.24, 2.45) is 5.92 Å². The number of hydrogen-bond donors (Lipinski definition) is 1. The van der Waals surface area contributed by atoms with Crippen LogP contribution in [0.2, 0.25) is 0 Å². The topological polar surface area (TPSA) is 82.2 Å². The van der Waals surface area contributed by atoms with Crippen LogP contribution in [0.25, 0.3) is 33.5 Å². The van der Waals surface area contributed by atoms with Gasteiger partial charge in [-0.15, -0.1) is 0 Å². The van der Waals surface area contributed by atoms with Crippen LogP contribution in [-0.4, -0.2) is 43.9 Å². The Kier molecular flexibility index (Phi) is 5.78. The van der Waals surface area contributed by atoms with Crippen molar-refractivity contribution in [3.8, 4) is 11.4 Å². The first-order valence-corrected chi connectivity index (χ1v) is 10.6. The SMILES string of the molecule is COCCCn1c(-c2cccc3nc(C)n(CC(C)C)c23)nc2cc(C(=O)O)ccc21. The molecule has 0 unspecified atom stereocenters. The van der Waals surface area contributed by atoms with E-state index in [0.717, 1.165) is 53.3 Å². The molecule has 0 fully saturated rings. The molecule has 0 radical (unpaired) electrons. The molecule has 0 saturated carbocycles. The number of aromatic carboxylic acids is 1. The quantitative estimate of drug-likeness (QED) is 0.416. The first-order valence-electron chi connectivity index (χ1n) is 10.6. The lowest BCUT2D eigenvalue weighted by molar-refractivity contribution is 0.0697. The highest BCUT2D eigenvalue weighted by molar-refractivity contribution is 5.96. The summed E-state index contributed by atoms with van der Waals surface area (Å²) in [6, 6.07) is 11.2. The molecule has 7 nitrogen and oxygen atoms in total. The smallest absolute Gasteiger partial charge is 0.335 e. The van der Waals surface area contributed by atoms with Gasteiger partial charge >= 0.3 is 5.97 Å². The predicted octanol–water partition coefficient (Wildman–Crippen LogP) is 4.75. The van der Waals surface area contributed by atoms with E-state index in [1.54, 1.807) is 19.2 Å². The van der Waals surface area contributed by atoms with E-state index in [1.807, 2.05) is 25.1 Å². The average Bonchev–Trinajstić information content (AvgIpc) is 3.25. The summed E-state index contributed by atoms with van der Waals surface area (Å²) in [6.45, 7) is 8.66. The van der Waals surface area contributed by atoms with Gasteiger partial charge in [0, 0.05) is 32.4 Å². The number of aromatic nitrogens is 4. The molecule has 0 bridgehead atoms. The fourth-order valence-corrected chi connectivity index (χ4v) is 4.13. The first kappa shape index (κ1) is 21.1. The minimum atomic E-state index is -0.954. The molecule has 1 N–H and O–H groups in total. The molecule has 0 saturated heterocycles. The first-order chi connectivity index (χ1) is 14.9. The predicted molar refractivity (Wildman–Crippen MR) is 121 cm³/mol. The number of carboxylic acids is 1. The Labute approximate surface area is 181 Å². The summed E-state index contributed by atoms with van der Waals surface area (Å²) in [5, 5.41) is 9.41. The Hall–Kier alpha value is -3.19. The molecule has 0 aliphatic heterocycles. The van der Waals surface area contributed by atoms with Gasteiger partial charge in [0.25, 0.3) is 0 Å².